The van der Waals surface area contributed by atoms with E-state index in [-0.39, 0.29) is 0 Å². The highest BCUT2D eigenvalue weighted by Gasteiger charge is 2.38. The molecule has 1 rings (SSSR count). The largest absolute Gasteiger partial charge is 0.381 e. The van der Waals surface area contributed by atoms with Gasteiger partial charge in [0.25, 0.3) is 0 Å². The Bertz CT molecular complexity index is 337. The fraction of sp³-hybridized carbons (Fsp3) is 0.250. The average Bonchev–Trinajstić information content (AvgIpc) is 2.01. The Morgan fingerprint density at radius 1 is 1.29 bits per heavy atom. The summed E-state index contributed by atoms with van der Waals surface area (Å²) in [7, 11) is 0. The van der Waals surface area contributed by atoms with Crippen molar-refractivity contribution in [1.82, 2.24) is 0 Å². The van der Waals surface area contributed by atoms with Crippen LogP contribution in [0.15, 0.2) is 18.2 Å². The molecule has 0 fully saturated rings. The molecule has 0 aliphatic carbocycles. The SMILES string of the molecule is OC(c1ccc(F)cc1F)C(F)(F)Cl. The molecule has 0 aromatic heterocycles. The van der Waals surface area contributed by atoms with Gasteiger partial charge in [0.05, 0.1) is 0 Å². The van der Waals surface area contributed by atoms with E-state index in [2.05, 4.69) is 11.6 Å². The van der Waals surface area contributed by atoms with Gasteiger partial charge in [0.1, 0.15) is 11.6 Å². The zero-order valence-electron chi connectivity index (χ0n) is 6.65. The summed E-state index contributed by atoms with van der Waals surface area (Å²) in [5.41, 5.74) is -0.744. The molecule has 0 spiro atoms. The van der Waals surface area contributed by atoms with Gasteiger partial charge in [0, 0.05) is 11.6 Å². The Labute approximate surface area is 81.9 Å². The maximum absolute atomic E-state index is 12.8. The molecule has 1 aromatic carbocycles. The molecule has 1 nitrogen and oxygen atoms in total. The van der Waals surface area contributed by atoms with Gasteiger partial charge in [-0.2, -0.15) is 8.78 Å². The second-order valence-corrected chi connectivity index (χ2v) is 3.11. The van der Waals surface area contributed by atoms with Crippen molar-refractivity contribution in [3.8, 4) is 0 Å². The van der Waals surface area contributed by atoms with E-state index in [1.807, 2.05) is 0 Å². The van der Waals surface area contributed by atoms with Crippen molar-refractivity contribution in [2.75, 3.05) is 0 Å². The number of benzene rings is 1. The van der Waals surface area contributed by atoms with E-state index in [0.717, 1.165) is 6.07 Å². The maximum atomic E-state index is 12.8. The summed E-state index contributed by atoms with van der Waals surface area (Å²) < 4.78 is 49.9. The number of halogens is 5. The molecule has 1 aromatic rings. The second kappa shape index (κ2) is 3.74. The lowest BCUT2D eigenvalue weighted by Gasteiger charge is -2.16. The van der Waals surface area contributed by atoms with Gasteiger partial charge in [0.2, 0.25) is 0 Å². The molecule has 0 aliphatic rings. The molecule has 14 heavy (non-hydrogen) atoms. The Hall–Kier alpha value is -0.810. The molecule has 0 heterocycles. The highest BCUT2D eigenvalue weighted by atomic mass is 35.5. The van der Waals surface area contributed by atoms with Crippen LogP contribution in [-0.2, 0) is 0 Å². The van der Waals surface area contributed by atoms with Crippen LogP contribution in [-0.4, -0.2) is 10.5 Å². The van der Waals surface area contributed by atoms with Crippen LogP contribution in [0.5, 0.6) is 0 Å². The first kappa shape index (κ1) is 11.3. The number of rotatable bonds is 2. The molecule has 0 amide bonds. The summed E-state index contributed by atoms with van der Waals surface area (Å²) in [5.74, 6) is -2.19. The molecular weight excluding hydrogens is 224 g/mol. The summed E-state index contributed by atoms with van der Waals surface area (Å²) in [6.45, 7) is 0. The van der Waals surface area contributed by atoms with Crippen molar-refractivity contribution < 1.29 is 22.7 Å². The Kier molecular flexibility index (Phi) is 3.01. The first-order valence-corrected chi connectivity index (χ1v) is 3.90. The molecule has 1 atom stereocenters. The molecule has 0 saturated carbocycles. The van der Waals surface area contributed by atoms with E-state index in [4.69, 9.17) is 5.11 Å². The van der Waals surface area contributed by atoms with E-state index < -0.39 is 28.7 Å². The third-order valence-electron chi connectivity index (χ3n) is 1.57. The van der Waals surface area contributed by atoms with Crippen molar-refractivity contribution in [1.29, 1.82) is 0 Å². The van der Waals surface area contributed by atoms with Gasteiger partial charge in [-0.1, -0.05) is 6.07 Å². The highest BCUT2D eigenvalue weighted by Crippen LogP contribution is 2.35. The van der Waals surface area contributed by atoms with Crippen LogP contribution in [0.3, 0.4) is 0 Å². The first-order valence-electron chi connectivity index (χ1n) is 3.52. The summed E-state index contributed by atoms with van der Waals surface area (Å²) in [6.07, 6.45) is -2.50. The van der Waals surface area contributed by atoms with Gasteiger partial charge in [-0.05, 0) is 17.7 Å². The van der Waals surface area contributed by atoms with Crippen LogP contribution >= 0.6 is 11.6 Å². The fourth-order valence-electron chi connectivity index (χ4n) is 0.900. The van der Waals surface area contributed by atoms with E-state index in [0.29, 0.717) is 12.1 Å². The number of hydrogen-bond donors (Lipinski definition) is 1. The predicted octanol–water partition coefficient (Wildman–Crippen LogP) is 2.83. The minimum absolute atomic E-state index is 0.390. The molecule has 0 bridgehead atoms. The summed E-state index contributed by atoms with van der Waals surface area (Å²) in [5, 5.41) is 4.90. The molecule has 6 heteroatoms. The summed E-state index contributed by atoms with van der Waals surface area (Å²) in [6, 6.07) is 1.86. The highest BCUT2D eigenvalue weighted by molar-refractivity contribution is 6.22. The molecule has 1 unspecified atom stereocenters. The molecule has 0 aliphatic heterocycles. The van der Waals surface area contributed by atoms with Gasteiger partial charge < -0.3 is 5.11 Å². The zero-order chi connectivity index (χ0) is 10.9. The first-order chi connectivity index (χ1) is 6.32. The predicted molar refractivity (Wildman–Crippen MR) is 42.1 cm³/mol. The summed E-state index contributed by atoms with van der Waals surface area (Å²) >= 11 is 4.49. The van der Waals surface area contributed by atoms with Gasteiger partial charge in [-0.25, -0.2) is 8.78 Å². The lowest BCUT2D eigenvalue weighted by molar-refractivity contribution is -0.0441. The normalized spacial score (nSPS) is 14.1. The van der Waals surface area contributed by atoms with Gasteiger partial charge in [0.15, 0.2) is 6.10 Å². The van der Waals surface area contributed by atoms with E-state index in [9.17, 15) is 17.6 Å². The van der Waals surface area contributed by atoms with Crippen LogP contribution in [0.1, 0.15) is 11.7 Å². The van der Waals surface area contributed by atoms with Gasteiger partial charge >= 0.3 is 5.38 Å². The van der Waals surface area contributed by atoms with E-state index in [1.54, 1.807) is 0 Å². The smallest absolute Gasteiger partial charge is 0.351 e. The fourth-order valence-corrected chi connectivity index (χ4v) is 1.02. The molecular formula is C8H5ClF4O. The average molecular weight is 229 g/mol. The zero-order valence-corrected chi connectivity index (χ0v) is 7.40. The van der Waals surface area contributed by atoms with Crippen molar-refractivity contribution in [2.24, 2.45) is 0 Å². The molecule has 1 N–H and O–H groups in total. The minimum atomic E-state index is -3.99. The second-order valence-electron chi connectivity index (χ2n) is 2.61. The number of aliphatic hydroxyl groups is 1. The molecule has 78 valence electrons. The third kappa shape index (κ3) is 2.36. The van der Waals surface area contributed by atoms with E-state index in [1.165, 1.54) is 0 Å². The van der Waals surface area contributed by atoms with Crippen molar-refractivity contribution in [3.05, 3.63) is 35.4 Å². The van der Waals surface area contributed by atoms with Crippen LogP contribution in [0.2, 0.25) is 0 Å². The molecule has 0 saturated heterocycles. The van der Waals surface area contributed by atoms with Crippen LogP contribution < -0.4 is 0 Å². The maximum Gasteiger partial charge on any atom is 0.351 e. The number of hydrogen-bond acceptors (Lipinski definition) is 1. The quantitative estimate of drug-likeness (QED) is 0.610. The van der Waals surface area contributed by atoms with Crippen LogP contribution in [0, 0.1) is 11.6 Å². The third-order valence-corrected chi connectivity index (χ3v) is 1.77. The number of alkyl halides is 3. The van der Waals surface area contributed by atoms with Crippen molar-refractivity contribution in [2.45, 2.75) is 11.5 Å². The molecule has 0 radical (unpaired) electrons. The van der Waals surface area contributed by atoms with E-state index >= 15 is 0 Å². The van der Waals surface area contributed by atoms with Gasteiger partial charge in [-0.15, -0.1) is 0 Å². The lowest BCUT2D eigenvalue weighted by atomic mass is 10.1. The van der Waals surface area contributed by atoms with Crippen LogP contribution in [0.4, 0.5) is 17.6 Å². The Balaban J connectivity index is 3.08. The number of aliphatic hydroxyl groups excluding tert-OH is 1. The van der Waals surface area contributed by atoms with Crippen LogP contribution in [0.25, 0.3) is 0 Å². The Morgan fingerprint density at radius 2 is 1.86 bits per heavy atom. The van der Waals surface area contributed by atoms with Crippen molar-refractivity contribution >= 4 is 11.6 Å². The summed E-state index contributed by atoms with van der Waals surface area (Å²) in [4.78, 5) is 0. The standard InChI is InChI=1S/C8H5ClF4O/c9-8(12,13)7(14)5-2-1-4(10)3-6(5)11/h1-3,7,14H. The van der Waals surface area contributed by atoms with Crippen molar-refractivity contribution in [3.63, 3.8) is 0 Å². The monoisotopic (exact) mass is 228 g/mol. The topological polar surface area (TPSA) is 20.2 Å². The Morgan fingerprint density at radius 3 is 2.29 bits per heavy atom. The lowest BCUT2D eigenvalue weighted by Crippen LogP contribution is -2.20. The minimum Gasteiger partial charge on any atom is -0.381 e. The van der Waals surface area contributed by atoms with Gasteiger partial charge in [-0.3, -0.25) is 0 Å².